The largest absolute Gasteiger partial charge is 0.494 e. The van der Waals surface area contributed by atoms with Crippen LogP contribution in [0.15, 0.2) is 52.4 Å². The summed E-state index contributed by atoms with van der Waals surface area (Å²) >= 11 is 0. The third kappa shape index (κ3) is 3.26. The Hall–Kier alpha value is -2.34. The number of benzene rings is 2. The maximum atomic E-state index is 13.3. The van der Waals surface area contributed by atoms with Gasteiger partial charge in [0, 0.05) is 5.56 Å². The molecule has 0 fully saturated rings. The van der Waals surface area contributed by atoms with Crippen LogP contribution in [0.5, 0.6) is 5.75 Å². The third-order valence-electron chi connectivity index (χ3n) is 4.17. The summed E-state index contributed by atoms with van der Waals surface area (Å²) in [7, 11) is -3.67. The molecule has 0 aliphatic carbocycles. The Kier molecular flexibility index (Phi) is 4.81. The van der Waals surface area contributed by atoms with Crippen LogP contribution in [0, 0.1) is 13.8 Å². The van der Waals surface area contributed by atoms with Crippen molar-refractivity contribution in [3.05, 3.63) is 59.2 Å². The summed E-state index contributed by atoms with van der Waals surface area (Å²) in [5.74, 6) is 1.23. The van der Waals surface area contributed by atoms with E-state index >= 15 is 0 Å². The predicted molar refractivity (Wildman–Crippen MR) is 98.8 cm³/mol. The minimum atomic E-state index is -3.67. The first-order valence-corrected chi connectivity index (χ1v) is 9.76. The van der Waals surface area contributed by atoms with Gasteiger partial charge in [0.2, 0.25) is 0 Å². The van der Waals surface area contributed by atoms with Crippen LogP contribution in [0.2, 0.25) is 0 Å². The lowest BCUT2D eigenvalue weighted by Crippen LogP contribution is -2.35. The van der Waals surface area contributed by atoms with Crippen LogP contribution in [-0.4, -0.2) is 38.3 Å². The number of hydrogen-bond acceptors (Lipinski definition) is 4. The first-order chi connectivity index (χ1) is 11.9. The van der Waals surface area contributed by atoms with Gasteiger partial charge in [0.15, 0.2) is 0 Å². The Morgan fingerprint density at radius 3 is 2.52 bits per heavy atom. The molecular weight excluding hydrogens is 336 g/mol. The quantitative estimate of drug-likeness (QED) is 0.825. The summed E-state index contributed by atoms with van der Waals surface area (Å²) in [5.41, 5.74) is 2.29. The van der Waals surface area contributed by atoms with E-state index in [1.165, 1.54) is 4.31 Å². The molecule has 1 aliphatic heterocycles. The van der Waals surface area contributed by atoms with Crippen molar-refractivity contribution in [1.29, 1.82) is 0 Å². The second-order valence-electron chi connectivity index (χ2n) is 5.96. The average Bonchev–Trinajstić information content (AvgIpc) is 3.09. The Morgan fingerprint density at radius 1 is 1.12 bits per heavy atom. The van der Waals surface area contributed by atoms with E-state index in [-0.39, 0.29) is 0 Å². The van der Waals surface area contributed by atoms with E-state index in [1.54, 1.807) is 19.1 Å². The zero-order valence-corrected chi connectivity index (χ0v) is 15.5. The first kappa shape index (κ1) is 17.5. The molecule has 0 saturated carbocycles. The predicted octanol–water partition coefficient (Wildman–Crippen LogP) is 3.15. The smallest absolute Gasteiger partial charge is 0.265 e. The average molecular weight is 358 g/mol. The normalized spacial score (nSPS) is 14.5. The number of sulfonamides is 1. The van der Waals surface area contributed by atoms with Gasteiger partial charge in [-0.3, -0.25) is 4.99 Å². The van der Waals surface area contributed by atoms with Gasteiger partial charge in [-0.2, -0.15) is 0 Å². The van der Waals surface area contributed by atoms with E-state index in [4.69, 9.17) is 4.74 Å². The van der Waals surface area contributed by atoms with Crippen molar-refractivity contribution in [3.63, 3.8) is 0 Å². The zero-order chi connectivity index (χ0) is 18.0. The molecule has 0 bridgehead atoms. The van der Waals surface area contributed by atoms with Gasteiger partial charge in [0.1, 0.15) is 11.6 Å². The van der Waals surface area contributed by atoms with Crippen LogP contribution >= 0.6 is 0 Å². The van der Waals surface area contributed by atoms with E-state index in [9.17, 15) is 8.42 Å². The van der Waals surface area contributed by atoms with Gasteiger partial charge in [-0.15, -0.1) is 0 Å². The van der Waals surface area contributed by atoms with Gasteiger partial charge in [0.05, 0.1) is 24.6 Å². The molecular formula is C19H22N2O3S. The summed E-state index contributed by atoms with van der Waals surface area (Å²) in [6.07, 6.45) is 0. The lowest BCUT2D eigenvalue weighted by molar-refractivity contribution is 0.337. The van der Waals surface area contributed by atoms with E-state index in [2.05, 4.69) is 4.99 Å². The lowest BCUT2D eigenvalue weighted by Gasteiger charge is -2.22. The van der Waals surface area contributed by atoms with Crippen molar-refractivity contribution in [2.45, 2.75) is 25.7 Å². The number of aryl methyl sites for hydroxylation is 2. The molecule has 0 atom stereocenters. The fraction of sp³-hybridized carbons (Fsp3) is 0.316. The maximum Gasteiger partial charge on any atom is 0.265 e. The van der Waals surface area contributed by atoms with E-state index in [0.717, 1.165) is 16.9 Å². The van der Waals surface area contributed by atoms with Crippen LogP contribution < -0.4 is 4.74 Å². The highest BCUT2D eigenvalue weighted by Crippen LogP contribution is 2.29. The molecule has 2 aromatic rings. The van der Waals surface area contributed by atoms with E-state index < -0.39 is 10.0 Å². The van der Waals surface area contributed by atoms with Crippen molar-refractivity contribution >= 4 is 15.9 Å². The zero-order valence-electron chi connectivity index (χ0n) is 14.7. The van der Waals surface area contributed by atoms with Gasteiger partial charge in [0.25, 0.3) is 10.0 Å². The lowest BCUT2D eigenvalue weighted by atomic mass is 10.1. The molecule has 5 nitrogen and oxygen atoms in total. The topological polar surface area (TPSA) is 59.0 Å². The van der Waals surface area contributed by atoms with Crippen LogP contribution in [-0.2, 0) is 10.0 Å². The molecule has 1 aliphatic rings. The summed E-state index contributed by atoms with van der Waals surface area (Å²) < 4.78 is 33.5. The molecule has 1 heterocycles. The molecule has 0 N–H and O–H groups in total. The summed E-state index contributed by atoms with van der Waals surface area (Å²) in [6, 6.07) is 12.9. The highest BCUT2D eigenvalue weighted by atomic mass is 32.2. The second-order valence-corrected chi connectivity index (χ2v) is 7.80. The van der Waals surface area contributed by atoms with Crippen LogP contribution in [0.3, 0.4) is 0 Å². The highest BCUT2D eigenvalue weighted by Gasteiger charge is 2.32. The van der Waals surface area contributed by atoms with Gasteiger partial charge in [-0.25, -0.2) is 12.7 Å². The van der Waals surface area contributed by atoms with E-state index in [0.29, 0.717) is 36.0 Å². The van der Waals surface area contributed by atoms with Crippen molar-refractivity contribution in [2.24, 2.45) is 4.99 Å². The molecule has 3 rings (SSSR count). The van der Waals surface area contributed by atoms with Crippen molar-refractivity contribution in [2.75, 3.05) is 19.7 Å². The van der Waals surface area contributed by atoms with Crippen LogP contribution in [0.4, 0.5) is 0 Å². The first-order valence-electron chi connectivity index (χ1n) is 8.31. The maximum absolute atomic E-state index is 13.3. The fourth-order valence-corrected chi connectivity index (χ4v) is 4.70. The minimum absolute atomic E-state index is 0.305. The van der Waals surface area contributed by atoms with Gasteiger partial charge >= 0.3 is 0 Å². The third-order valence-corrected chi connectivity index (χ3v) is 6.10. The number of rotatable bonds is 5. The SMILES string of the molecule is CCOc1cc(C)c(S(=O)(=O)N2CCN=C2c2ccccc2)cc1C. The molecule has 0 amide bonds. The van der Waals surface area contributed by atoms with Crippen molar-refractivity contribution in [1.82, 2.24) is 4.31 Å². The van der Waals surface area contributed by atoms with E-state index in [1.807, 2.05) is 44.2 Å². The van der Waals surface area contributed by atoms with Crippen LogP contribution in [0.1, 0.15) is 23.6 Å². The number of nitrogens with zero attached hydrogens (tertiary/aromatic N) is 2. The molecule has 0 aromatic heterocycles. The minimum Gasteiger partial charge on any atom is -0.494 e. The van der Waals surface area contributed by atoms with Crippen molar-refractivity contribution < 1.29 is 13.2 Å². The Balaban J connectivity index is 2.02. The molecule has 2 aromatic carbocycles. The number of ether oxygens (including phenoxy) is 1. The second kappa shape index (κ2) is 6.88. The Bertz CT molecular complexity index is 906. The van der Waals surface area contributed by atoms with Gasteiger partial charge < -0.3 is 4.74 Å². The summed E-state index contributed by atoms with van der Waals surface area (Å²) in [6.45, 7) is 6.94. The Labute approximate surface area is 149 Å². The number of aliphatic imine (C=N–C) groups is 1. The molecule has 6 heteroatoms. The highest BCUT2D eigenvalue weighted by molar-refractivity contribution is 7.89. The summed E-state index contributed by atoms with van der Waals surface area (Å²) in [5, 5.41) is 0. The van der Waals surface area contributed by atoms with Crippen LogP contribution in [0.25, 0.3) is 0 Å². The molecule has 132 valence electrons. The Morgan fingerprint density at radius 2 is 1.84 bits per heavy atom. The number of amidine groups is 1. The van der Waals surface area contributed by atoms with Gasteiger partial charge in [-0.05, 0) is 44.0 Å². The molecule has 0 unspecified atom stereocenters. The summed E-state index contributed by atoms with van der Waals surface area (Å²) in [4.78, 5) is 4.72. The fourth-order valence-electron chi connectivity index (χ4n) is 2.96. The molecule has 25 heavy (non-hydrogen) atoms. The standard InChI is InChI=1S/C19H22N2O3S/c1-4-24-17-12-15(3)18(13-14(17)2)25(22,23)21-11-10-20-19(21)16-8-6-5-7-9-16/h5-9,12-13H,4,10-11H2,1-3H3. The van der Waals surface area contributed by atoms with Gasteiger partial charge in [-0.1, -0.05) is 30.3 Å². The monoisotopic (exact) mass is 358 g/mol. The van der Waals surface area contributed by atoms with Crippen molar-refractivity contribution in [3.8, 4) is 5.75 Å². The molecule has 0 radical (unpaired) electrons. The molecule has 0 saturated heterocycles. The number of hydrogen-bond donors (Lipinski definition) is 0. The molecule has 0 spiro atoms.